The third-order valence-corrected chi connectivity index (χ3v) is 7.45. The zero-order valence-corrected chi connectivity index (χ0v) is 17.6. The van der Waals surface area contributed by atoms with Crippen LogP contribution in [0.4, 0.5) is 0 Å². The van der Waals surface area contributed by atoms with Crippen molar-refractivity contribution >= 4 is 21.5 Å². The van der Waals surface area contributed by atoms with Gasteiger partial charge in [0.2, 0.25) is 0 Å². The van der Waals surface area contributed by atoms with Gasteiger partial charge in [-0.05, 0) is 91.7 Å². The van der Waals surface area contributed by atoms with Gasteiger partial charge >= 0.3 is 0 Å². The Kier molecular flexibility index (Phi) is 3.66. The van der Waals surface area contributed by atoms with E-state index in [2.05, 4.69) is 84.9 Å². The molecule has 0 heteroatoms. The molecule has 0 saturated heterocycles. The summed E-state index contributed by atoms with van der Waals surface area (Å²) >= 11 is 0. The molecule has 0 saturated carbocycles. The summed E-state index contributed by atoms with van der Waals surface area (Å²) in [6.45, 7) is 0. The van der Waals surface area contributed by atoms with E-state index >= 15 is 0 Å². The van der Waals surface area contributed by atoms with Crippen molar-refractivity contribution in [3.8, 4) is 33.4 Å². The molecule has 7 rings (SSSR count). The lowest BCUT2D eigenvalue weighted by Gasteiger charge is -2.18. The van der Waals surface area contributed by atoms with Gasteiger partial charge in [-0.2, -0.15) is 0 Å². The maximum absolute atomic E-state index is 2.40. The summed E-state index contributed by atoms with van der Waals surface area (Å²) in [5, 5.41) is 5.80. The minimum Gasteiger partial charge on any atom is -0.0622 e. The molecule has 5 aromatic carbocycles. The number of fused-ring (bicyclic) bond motifs is 5. The summed E-state index contributed by atoms with van der Waals surface area (Å²) < 4.78 is 0. The van der Waals surface area contributed by atoms with Crippen molar-refractivity contribution in [1.29, 1.82) is 0 Å². The molecule has 0 aromatic heterocycles. The molecule has 0 amide bonds. The van der Waals surface area contributed by atoms with E-state index in [1.807, 2.05) is 0 Å². The van der Waals surface area contributed by atoms with E-state index in [0.717, 1.165) is 0 Å². The van der Waals surface area contributed by atoms with Crippen LogP contribution in [0.2, 0.25) is 0 Å². The topological polar surface area (TPSA) is 0 Å². The predicted molar refractivity (Wildman–Crippen MR) is 133 cm³/mol. The smallest absolute Gasteiger partial charge is 0.00199 e. The number of benzene rings is 5. The van der Waals surface area contributed by atoms with Crippen LogP contribution in [0.3, 0.4) is 0 Å². The molecular weight excluding hydrogens is 372 g/mol. The first-order valence-corrected chi connectivity index (χ1v) is 11.6. The predicted octanol–water partition coefficient (Wildman–Crippen LogP) is 8.58. The van der Waals surface area contributed by atoms with Gasteiger partial charge in [0.25, 0.3) is 0 Å². The molecule has 0 N–H and O–H groups in total. The second-order valence-corrected chi connectivity index (χ2v) is 9.07. The lowest BCUT2D eigenvalue weighted by Crippen LogP contribution is -1.96. The highest BCUT2D eigenvalue weighted by Gasteiger charge is 2.30. The summed E-state index contributed by atoms with van der Waals surface area (Å²) in [7, 11) is 0. The van der Waals surface area contributed by atoms with Crippen LogP contribution in [0.25, 0.3) is 54.9 Å². The summed E-state index contributed by atoms with van der Waals surface area (Å²) in [6, 6.07) is 31.7. The molecule has 0 nitrogen and oxygen atoms in total. The van der Waals surface area contributed by atoms with Gasteiger partial charge in [-0.1, -0.05) is 91.3 Å². The van der Waals surface area contributed by atoms with E-state index in [0.29, 0.717) is 0 Å². The van der Waals surface area contributed by atoms with Gasteiger partial charge in [0.05, 0.1) is 0 Å². The van der Waals surface area contributed by atoms with Gasteiger partial charge < -0.3 is 0 Å². The Balaban J connectivity index is 1.65. The average molecular weight is 397 g/mol. The van der Waals surface area contributed by atoms with Crippen LogP contribution in [0.5, 0.6) is 0 Å². The van der Waals surface area contributed by atoms with E-state index < -0.39 is 0 Å². The fourth-order valence-electron chi connectivity index (χ4n) is 6.17. The molecule has 2 aliphatic rings. The molecule has 31 heavy (non-hydrogen) atoms. The SMILES string of the molecule is c1ccc(-c2ccc3c4c(cccc24)-c2c-3c3c4ccccc4c2CCCCC3)cc1. The molecule has 2 aliphatic carbocycles. The molecule has 0 unspecified atom stereocenters. The van der Waals surface area contributed by atoms with Gasteiger partial charge in [0.15, 0.2) is 0 Å². The van der Waals surface area contributed by atoms with Crippen molar-refractivity contribution in [3.63, 3.8) is 0 Å². The Bertz CT molecular complexity index is 1430. The molecule has 0 radical (unpaired) electrons. The molecule has 0 fully saturated rings. The molecule has 0 heterocycles. The average Bonchev–Trinajstić information content (AvgIpc) is 3.23. The van der Waals surface area contributed by atoms with Crippen LogP contribution in [0.15, 0.2) is 84.9 Å². The fraction of sp³-hybridized carbons (Fsp3) is 0.161. The number of aryl methyl sites for hydroxylation is 2. The maximum Gasteiger partial charge on any atom is -0.00199 e. The summed E-state index contributed by atoms with van der Waals surface area (Å²) in [5.74, 6) is 0. The molecule has 0 aliphatic heterocycles. The van der Waals surface area contributed by atoms with Gasteiger partial charge in [0.1, 0.15) is 0 Å². The van der Waals surface area contributed by atoms with Crippen LogP contribution in [0.1, 0.15) is 30.4 Å². The molecule has 2 bridgehead atoms. The van der Waals surface area contributed by atoms with Gasteiger partial charge in [-0.3, -0.25) is 0 Å². The zero-order chi connectivity index (χ0) is 20.4. The van der Waals surface area contributed by atoms with Gasteiger partial charge in [-0.25, -0.2) is 0 Å². The Morgan fingerprint density at radius 1 is 0.419 bits per heavy atom. The van der Waals surface area contributed by atoms with Crippen LogP contribution < -0.4 is 0 Å². The normalized spacial score (nSPS) is 14.5. The van der Waals surface area contributed by atoms with Crippen molar-refractivity contribution in [2.24, 2.45) is 0 Å². The lowest BCUT2D eigenvalue weighted by atomic mass is 9.86. The molecule has 5 aromatic rings. The number of hydrogen-bond donors (Lipinski definition) is 0. The Labute approximate surface area is 183 Å². The second-order valence-electron chi connectivity index (χ2n) is 9.07. The van der Waals surface area contributed by atoms with E-state index in [4.69, 9.17) is 0 Å². The summed E-state index contributed by atoms with van der Waals surface area (Å²) in [6.07, 6.45) is 6.26. The summed E-state index contributed by atoms with van der Waals surface area (Å²) in [5.41, 5.74) is 11.7. The number of hydrogen-bond acceptors (Lipinski definition) is 0. The largest absolute Gasteiger partial charge is 0.0622 e. The van der Waals surface area contributed by atoms with Crippen molar-refractivity contribution in [3.05, 3.63) is 96.1 Å². The third-order valence-electron chi connectivity index (χ3n) is 7.45. The Morgan fingerprint density at radius 3 is 1.71 bits per heavy atom. The van der Waals surface area contributed by atoms with Crippen LogP contribution in [-0.2, 0) is 12.8 Å². The first kappa shape index (κ1) is 17.3. The van der Waals surface area contributed by atoms with E-state index in [1.54, 1.807) is 11.1 Å². The first-order chi connectivity index (χ1) is 15.4. The summed E-state index contributed by atoms with van der Waals surface area (Å²) in [4.78, 5) is 0. The van der Waals surface area contributed by atoms with Crippen molar-refractivity contribution in [1.82, 2.24) is 0 Å². The van der Waals surface area contributed by atoms with Crippen molar-refractivity contribution in [2.75, 3.05) is 0 Å². The van der Waals surface area contributed by atoms with E-state index in [9.17, 15) is 0 Å². The quantitative estimate of drug-likeness (QED) is 0.261. The highest BCUT2D eigenvalue weighted by molar-refractivity contribution is 6.22. The van der Waals surface area contributed by atoms with E-state index in [1.165, 1.54) is 87.0 Å². The Hall–Kier alpha value is -3.38. The van der Waals surface area contributed by atoms with Crippen LogP contribution >= 0.6 is 0 Å². The third kappa shape index (κ3) is 2.36. The monoisotopic (exact) mass is 396 g/mol. The molecular formula is C31H24. The fourth-order valence-corrected chi connectivity index (χ4v) is 6.17. The minimum absolute atomic E-state index is 1.18. The Morgan fingerprint density at radius 2 is 1.00 bits per heavy atom. The maximum atomic E-state index is 2.40. The molecule has 0 atom stereocenters. The zero-order valence-electron chi connectivity index (χ0n) is 17.6. The van der Waals surface area contributed by atoms with Crippen molar-refractivity contribution in [2.45, 2.75) is 32.1 Å². The minimum atomic E-state index is 1.18. The molecule has 148 valence electrons. The highest BCUT2D eigenvalue weighted by Crippen LogP contribution is 2.54. The van der Waals surface area contributed by atoms with Gasteiger partial charge in [-0.15, -0.1) is 0 Å². The molecule has 0 spiro atoms. The van der Waals surface area contributed by atoms with E-state index in [-0.39, 0.29) is 0 Å². The second kappa shape index (κ2) is 6.56. The highest BCUT2D eigenvalue weighted by atomic mass is 14.3. The lowest BCUT2D eigenvalue weighted by molar-refractivity contribution is 0.688. The number of rotatable bonds is 1. The van der Waals surface area contributed by atoms with Gasteiger partial charge in [0, 0.05) is 0 Å². The van der Waals surface area contributed by atoms with Crippen LogP contribution in [0, 0.1) is 0 Å². The van der Waals surface area contributed by atoms with Crippen LogP contribution in [-0.4, -0.2) is 0 Å². The first-order valence-electron chi connectivity index (χ1n) is 11.6. The standard InChI is InChI=1S/C31H24/c1-3-10-20(11-4-1)21-18-19-28-29-24(21)16-9-17-27(29)30-25-14-5-2-6-15-26(31(28)30)23-13-8-7-12-22(23)25/h1,3-4,7-13,16-19H,2,5-6,14-15H2. The van der Waals surface area contributed by atoms with Crippen molar-refractivity contribution < 1.29 is 0 Å².